The average Bonchev–Trinajstić information content (AvgIpc) is 2.87. The topological polar surface area (TPSA) is 78.5 Å². The molecule has 40 heavy (non-hydrogen) atoms. The first-order chi connectivity index (χ1) is 18.3. The normalized spacial score (nSPS) is 23.4. The van der Waals surface area contributed by atoms with Crippen molar-refractivity contribution in [1.29, 1.82) is 0 Å². The highest BCUT2D eigenvalue weighted by molar-refractivity contribution is 7.92. The number of alkyl halides is 1. The molecule has 0 bridgehead atoms. The second-order valence-corrected chi connectivity index (χ2v) is 22.2. The maximum atomic E-state index is 16.7. The van der Waals surface area contributed by atoms with Crippen molar-refractivity contribution in [1.82, 2.24) is 4.72 Å². The summed E-state index contributed by atoms with van der Waals surface area (Å²) in [6.07, 6.45) is 1.86. The first kappa shape index (κ1) is 33.2. The Hall–Kier alpha value is -1.30. The summed E-state index contributed by atoms with van der Waals surface area (Å²) in [5.41, 5.74) is -2.85. The van der Waals surface area contributed by atoms with Crippen LogP contribution in [0.1, 0.15) is 72.8 Å². The van der Waals surface area contributed by atoms with Gasteiger partial charge in [0.1, 0.15) is 16.6 Å². The molecule has 0 spiro atoms. The third kappa shape index (κ3) is 7.18. The van der Waals surface area contributed by atoms with E-state index in [2.05, 4.69) is 38.6 Å². The quantitative estimate of drug-likeness (QED) is 0.239. The zero-order valence-electron chi connectivity index (χ0n) is 25.0. The lowest BCUT2D eigenvalue weighted by Gasteiger charge is -2.48. The lowest BCUT2D eigenvalue weighted by Crippen LogP contribution is -2.61. The smallest absolute Gasteiger partial charge is 0.225 e. The highest BCUT2D eigenvalue weighted by Gasteiger charge is 2.54. The number of nitrogens with one attached hydrogen (secondary N) is 1. The Labute approximate surface area is 243 Å². The molecular formula is C30H45F2NO4S2Si. The number of hydrogen-bond donors (Lipinski definition) is 1. The maximum absolute atomic E-state index is 16.7. The van der Waals surface area contributed by atoms with E-state index in [4.69, 9.17) is 4.43 Å². The number of benzene rings is 2. The summed E-state index contributed by atoms with van der Waals surface area (Å²) in [5.74, 6) is -0.440. The van der Waals surface area contributed by atoms with E-state index in [-0.39, 0.29) is 16.0 Å². The summed E-state index contributed by atoms with van der Waals surface area (Å²) >= 11 is -1.77. The molecule has 2 aromatic rings. The Balaban J connectivity index is 2.10. The van der Waals surface area contributed by atoms with Gasteiger partial charge in [-0.3, -0.25) is 0 Å². The fourth-order valence-electron chi connectivity index (χ4n) is 5.01. The molecule has 1 saturated carbocycles. The zero-order valence-corrected chi connectivity index (χ0v) is 27.6. The molecule has 1 fully saturated rings. The molecule has 0 radical (unpaired) electrons. The van der Waals surface area contributed by atoms with Crippen molar-refractivity contribution in [3.63, 3.8) is 0 Å². The Kier molecular flexibility index (Phi) is 10.1. The van der Waals surface area contributed by atoms with Crippen molar-refractivity contribution in [2.75, 3.05) is 0 Å². The standard InChI is InChI=1S/C30H45F2NO4S2Si/c1-28(2,3)38(34)33-26(27(32)39(35,36)25-12-10-9-11-13-25)30(22-14-16-23(31)17-15-22)20-18-24(19-21-30)37-40(7,8)29(4,5)6/h9-17,24,26-27,33H,18-21H2,1-8H3/t24-,26-,27?,30+,38?/m0/s1. The Morgan fingerprint density at radius 3 is 2.00 bits per heavy atom. The highest BCUT2D eigenvalue weighted by atomic mass is 32.2. The van der Waals surface area contributed by atoms with E-state index in [0.29, 0.717) is 31.2 Å². The van der Waals surface area contributed by atoms with Crippen molar-refractivity contribution < 1.29 is 26.2 Å². The van der Waals surface area contributed by atoms with E-state index >= 15 is 4.39 Å². The zero-order chi connectivity index (χ0) is 30.1. The molecule has 1 N–H and O–H groups in total. The van der Waals surface area contributed by atoms with Gasteiger partial charge < -0.3 is 8.98 Å². The third-order valence-electron chi connectivity index (χ3n) is 8.53. The predicted octanol–water partition coefficient (Wildman–Crippen LogP) is 7.22. The third-order valence-corrected chi connectivity index (χ3v) is 16.4. The van der Waals surface area contributed by atoms with E-state index in [0.717, 1.165) is 0 Å². The molecule has 1 aliphatic carbocycles. The maximum Gasteiger partial charge on any atom is 0.225 e. The van der Waals surface area contributed by atoms with Gasteiger partial charge in [0.05, 0.1) is 4.90 Å². The van der Waals surface area contributed by atoms with Crippen LogP contribution in [0, 0.1) is 5.82 Å². The molecule has 1 aliphatic rings. The number of halogens is 2. The van der Waals surface area contributed by atoms with Crippen LogP contribution in [0.3, 0.4) is 0 Å². The van der Waals surface area contributed by atoms with E-state index in [9.17, 15) is 17.4 Å². The minimum absolute atomic E-state index is 0.0139. The van der Waals surface area contributed by atoms with Crippen LogP contribution in [-0.2, 0) is 31.0 Å². The number of sulfone groups is 1. The molecule has 0 heterocycles. The fourth-order valence-corrected chi connectivity index (χ4v) is 8.93. The molecule has 10 heteroatoms. The summed E-state index contributed by atoms with van der Waals surface area (Å²) in [7, 11) is -6.54. The molecule has 3 atom stereocenters. The van der Waals surface area contributed by atoms with Gasteiger partial charge in [0, 0.05) is 22.9 Å². The number of hydrogen-bond acceptors (Lipinski definition) is 5. The molecule has 2 aromatic carbocycles. The Bertz CT molecular complexity index is 1220. The molecule has 0 aliphatic heterocycles. The summed E-state index contributed by atoms with van der Waals surface area (Å²) in [6, 6.07) is 12.0. The largest absolute Gasteiger partial charge is 0.598 e. The molecular weight excluding hydrogens is 569 g/mol. The molecule has 0 amide bonds. The molecule has 0 saturated heterocycles. The van der Waals surface area contributed by atoms with Crippen molar-refractivity contribution in [2.24, 2.45) is 0 Å². The Morgan fingerprint density at radius 1 is 1.00 bits per heavy atom. The summed E-state index contributed by atoms with van der Waals surface area (Å²) in [4.78, 5) is -0.139. The van der Waals surface area contributed by atoms with Crippen LogP contribution in [0.4, 0.5) is 8.78 Å². The van der Waals surface area contributed by atoms with Crippen molar-refractivity contribution >= 4 is 29.5 Å². The van der Waals surface area contributed by atoms with Gasteiger partial charge in [-0.15, -0.1) is 4.72 Å². The second-order valence-electron chi connectivity index (χ2n) is 13.4. The van der Waals surface area contributed by atoms with E-state index in [1.165, 1.54) is 24.3 Å². The van der Waals surface area contributed by atoms with Crippen LogP contribution in [-0.4, -0.2) is 43.7 Å². The number of rotatable bonds is 9. The first-order valence-electron chi connectivity index (χ1n) is 13.9. The average molecular weight is 614 g/mol. The monoisotopic (exact) mass is 613 g/mol. The van der Waals surface area contributed by atoms with Gasteiger partial charge in [-0.05, 0) is 94.4 Å². The SMILES string of the molecule is CC(C)(C)[S+]([O-])N[C@@H](C(F)S(=O)(=O)c1ccccc1)[C@]1(c2ccc(F)cc2)CC[C@H](O[Si](C)(C)C(C)(C)C)CC1. The Morgan fingerprint density at radius 2 is 1.52 bits per heavy atom. The lowest BCUT2D eigenvalue weighted by molar-refractivity contribution is 0.0809. The highest BCUT2D eigenvalue weighted by Crippen LogP contribution is 2.48. The van der Waals surface area contributed by atoms with Gasteiger partial charge in [-0.1, -0.05) is 51.1 Å². The molecule has 2 unspecified atom stereocenters. The van der Waals surface area contributed by atoms with Gasteiger partial charge in [0.2, 0.25) is 15.3 Å². The van der Waals surface area contributed by atoms with E-state index in [1.807, 2.05) is 0 Å². The van der Waals surface area contributed by atoms with Crippen LogP contribution in [0.25, 0.3) is 0 Å². The van der Waals surface area contributed by atoms with Crippen molar-refractivity contribution in [2.45, 2.75) is 118 Å². The first-order valence-corrected chi connectivity index (χ1v) is 19.5. The van der Waals surface area contributed by atoms with Crippen molar-refractivity contribution in [3.05, 3.63) is 66.0 Å². The minimum Gasteiger partial charge on any atom is -0.598 e. The van der Waals surface area contributed by atoms with Gasteiger partial charge in [0.15, 0.2) is 8.32 Å². The van der Waals surface area contributed by atoms with Crippen molar-refractivity contribution in [3.8, 4) is 0 Å². The lowest BCUT2D eigenvalue weighted by atomic mass is 9.64. The second kappa shape index (κ2) is 12.1. The predicted molar refractivity (Wildman–Crippen MR) is 162 cm³/mol. The minimum atomic E-state index is -4.46. The van der Waals surface area contributed by atoms with E-state index in [1.54, 1.807) is 51.1 Å². The van der Waals surface area contributed by atoms with Gasteiger partial charge in [-0.2, -0.15) is 0 Å². The molecule has 5 nitrogen and oxygen atoms in total. The summed E-state index contributed by atoms with van der Waals surface area (Å²) in [5, 5.41) is 0.0139. The van der Waals surface area contributed by atoms with E-state index < -0.39 is 57.0 Å². The van der Waals surface area contributed by atoms with Crippen LogP contribution >= 0.6 is 0 Å². The fraction of sp³-hybridized carbons (Fsp3) is 0.600. The van der Waals surface area contributed by atoms with Crippen LogP contribution in [0.2, 0.25) is 18.1 Å². The molecule has 224 valence electrons. The molecule has 3 rings (SSSR count). The summed E-state index contributed by atoms with van der Waals surface area (Å²) in [6.45, 7) is 16.2. The van der Waals surface area contributed by atoms with Crippen LogP contribution in [0.5, 0.6) is 0 Å². The van der Waals surface area contributed by atoms with Gasteiger partial charge >= 0.3 is 0 Å². The summed E-state index contributed by atoms with van der Waals surface area (Å²) < 4.78 is 80.3. The van der Waals surface area contributed by atoms with Crippen LogP contribution in [0.15, 0.2) is 59.5 Å². The van der Waals surface area contributed by atoms with Gasteiger partial charge in [-0.25, -0.2) is 17.2 Å². The van der Waals surface area contributed by atoms with Gasteiger partial charge in [0.25, 0.3) is 0 Å². The van der Waals surface area contributed by atoms with Crippen LogP contribution < -0.4 is 4.72 Å². The molecule has 0 aromatic heterocycles.